The summed E-state index contributed by atoms with van der Waals surface area (Å²) in [5.74, 6) is -0.556. The molecule has 0 aliphatic carbocycles. The molecule has 19 heavy (non-hydrogen) atoms. The van der Waals surface area contributed by atoms with Gasteiger partial charge in [-0.3, -0.25) is 14.4 Å². The summed E-state index contributed by atoms with van der Waals surface area (Å²) in [6.45, 7) is 5.55. The first-order chi connectivity index (χ1) is 8.89. The largest absolute Gasteiger partial charge is 0.346 e. The van der Waals surface area contributed by atoms with Crippen molar-refractivity contribution in [3.8, 4) is 0 Å². The normalized spacial score (nSPS) is 10.9. The van der Waals surface area contributed by atoms with E-state index in [1.165, 1.54) is 0 Å². The van der Waals surface area contributed by atoms with E-state index in [0.717, 1.165) is 5.56 Å². The van der Waals surface area contributed by atoms with Crippen molar-refractivity contribution in [3.63, 3.8) is 0 Å². The van der Waals surface area contributed by atoms with Crippen LogP contribution in [0.2, 0.25) is 0 Å². The van der Waals surface area contributed by atoms with Crippen molar-refractivity contribution in [1.82, 2.24) is 10.8 Å². The Morgan fingerprint density at radius 3 is 2.37 bits per heavy atom. The molecule has 0 saturated heterocycles. The first-order valence-corrected chi connectivity index (χ1v) is 6.12. The molecule has 0 atom stereocenters. The van der Waals surface area contributed by atoms with Crippen molar-refractivity contribution in [2.24, 2.45) is 5.41 Å². The standard InChI is InChI=1S/C14H20N2O3/c1-14(2,3)13(18)15-9-12(17)16-19-10-11-7-5-4-6-8-11/h4-8H,9-10H2,1-3H3,(H,15,18)(H,16,17). The Kier molecular flexibility index (Phi) is 5.51. The number of hydrogen-bond acceptors (Lipinski definition) is 3. The van der Waals surface area contributed by atoms with Crippen LogP contribution >= 0.6 is 0 Å². The summed E-state index contributed by atoms with van der Waals surface area (Å²) in [4.78, 5) is 28.0. The molecule has 0 saturated carbocycles. The maximum absolute atomic E-state index is 11.5. The summed E-state index contributed by atoms with van der Waals surface area (Å²) in [5, 5.41) is 2.54. The second-order valence-corrected chi connectivity index (χ2v) is 5.23. The Labute approximate surface area is 113 Å². The maximum atomic E-state index is 11.5. The summed E-state index contributed by atoms with van der Waals surface area (Å²) in [6, 6.07) is 9.49. The highest BCUT2D eigenvalue weighted by Gasteiger charge is 2.21. The van der Waals surface area contributed by atoms with Crippen LogP contribution in [-0.4, -0.2) is 18.4 Å². The highest BCUT2D eigenvalue weighted by molar-refractivity contribution is 5.86. The highest BCUT2D eigenvalue weighted by Crippen LogP contribution is 2.11. The molecule has 2 amide bonds. The van der Waals surface area contributed by atoms with Gasteiger partial charge in [0.05, 0.1) is 13.2 Å². The number of rotatable bonds is 5. The van der Waals surface area contributed by atoms with Crippen molar-refractivity contribution >= 4 is 11.8 Å². The van der Waals surface area contributed by atoms with Crippen LogP contribution in [0.4, 0.5) is 0 Å². The van der Waals surface area contributed by atoms with Crippen molar-refractivity contribution in [3.05, 3.63) is 35.9 Å². The summed E-state index contributed by atoms with van der Waals surface area (Å²) < 4.78 is 0. The van der Waals surface area contributed by atoms with Gasteiger partial charge in [-0.25, -0.2) is 5.48 Å². The van der Waals surface area contributed by atoms with Crippen LogP contribution < -0.4 is 10.8 Å². The van der Waals surface area contributed by atoms with Crippen LogP contribution in [-0.2, 0) is 21.0 Å². The average Bonchev–Trinajstić information content (AvgIpc) is 2.36. The molecular formula is C14H20N2O3. The Bertz CT molecular complexity index is 424. The molecule has 0 radical (unpaired) electrons. The fourth-order valence-corrected chi connectivity index (χ4v) is 1.24. The van der Waals surface area contributed by atoms with Gasteiger partial charge in [-0.05, 0) is 5.56 Å². The van der Waals surface area contributed by atoms with Gasteiger partial charge in [-0.15, -0.1) is 0 Å². The number of hydrogen-bond donors (Lipinski definition) is 2. The van der Waals surface area contributed by atoms with Crippen molar-refractivity contribution in [2.45, 2.75) is 27.4 Å². The SMILES string of the molecule is CC(C)(C)C(=O)NCC(=O)NOCc1ccccc1. The Morgan fingerprint density at radius 2 is 1.79 bits per heavy atom. The first-order valence-electron chi connectivity index (χ1n) is 6.12. The summed E-state index contributed by atoms with van der Waals surface area (Å²) in [5.41, 5.74) is 2.74. The zero-order chi connectivity index (χ0) is 14.3. The van der Waals surface area contributed by atoms with E-state index in [4.69, 9.17) is 4.84 Å². The lowest BCUT2D eigenvalue weighted by Gasteiger charge is -2.17. The molecule has 0 aromatic heterocycles. The van der Waals surface area contributed by atoms with Crippen molar-refractivity contribution in [2.75, 3.05) is 6.54 Å². The minimum absolute atomic E-state index is 0.0924. The van der Waals surface area contributed by atoms with E-state index in [-0.39, 0.29) is 18.4 Å². The first kappa shape index (κ1) is 15.2. The average molecular weight is 264 g/mol. The zero-order valence-electron chi connectivity index (χ0n) is 11.5. The number of benzene rings is 1. The van der Waals surface area contributed by atoms with Gasteiger partial charge in [0.15, 0.2) is 0 Å². The third kappa shape index (κ3) is 6.01. The van der Waals surface area contributed by atoms with E-state index in [1.54, 1.807) is 20.8 Å². The van der Waals surface area contributed by atoms with E-state index in [2.05, 4.69) is 10.8 Å². The van der Waals surface area contributed by atoms with Gasteiger partial charge in [0.1, 0.15) is 0 Å². The monoisotopic (exact) mass is 264 g/mol. The molecule has 104 valence electrons. The Morgan fingerprint density at radius 1 is 1.16 bits per heavy atom. The molecule has 1 aromatic carbocycles. The number of carbonyl (C=O) groups is 2. The molecule has 0 fully saturated rings. The van der Waals surface area contributed by atoms with Gasteiger partial charge >= 0.3 is 0 Å². The van der Waals surface area contributed by atoms with Gasteiger partial charge in [0.2, 0.25) is 5.91 Å². The second kappa shape index (κ2) is 6.89. The second-order valence-electron chi connectivity index (χ2n) is 5.23. The third-order valence-electron chi connectivity index (χ3n) is 2.36. The van der Waals surface area contributed by atoms with Crippen molar-refractivity contribution in [1.29, 1.82) is 0 Å². The van der Waals surface area contributed by atoms with Gasteiger partial charge < -0.3 is 5.32 Å². The molecule has 0 bridgehead atoms. The number of carbonyl (C=O) groups excluding carboxylic acids is 2. The topological polar surface area (TPSA) is 67.4 Å². The minimum Gasteiger partial charge on any atom is -0.346 e. The molecule has 0 unspecified atom stereocenters. The predicted octanol–water partition coefficient (Wildman–Crippen LogP) is 1.40. The highest BCUT2D eigenvalue weighted by atomic mass is 16.6. The molecule has 0 aliphatic rings. The van der Waals surface area contributed by atoms with Gasteiger partial charge in [0, 0.05) is 5.41 Å². The molecule has 0 aliphatic heterocycles. The fourth-order valence-electron chi connectivity index (χ4n) is 1.24. The zero-order valence-corrected chi connectivity index (χ0v) is 11.5. The number of nitrogens with one attached hydrogen (secondary N) is 2. The van der Waals surface area contributed by atoms with Crippen LogP contribution in [0.25, 0.3) is 0 Å². The molecule has 5 heteroatoms. The molecule has 5 nitrogen and oxygen atoms in total. The lowest BCUT2D eigenvalue weighted by atomic mass is 9.96. The Balaban J connectivity index is 2.20. The summed E-state index contributed by atoms with van der Waals surface area (Å²) >= 11 is 0. The van der Waals surface area contributed by atoms with E-state index < -0.39 is 5.41 Å². The Hall–Kier alpha value is -1.88. The maximum Gasteiger partial charge on any atom is 0.262 e. The molecule has 0 spiro atoms. The number of amides is 2. The van der Waals surface area contributed by atoms with Crippen LogP contribution in [0.15, 0.2) is 30.3 Å². The minimum atomic E-state index is -0.509. The van der Waals surface area contributed by atoms with E-state index in [1.807, 2.05) is 30.3 Å². The smallest absolute Gasteiger partial charge is 0.262 e. The van der Waals surface area contributed by atoms with E-state index in [9.17, 15) is 9.59 Å². The molecular weight excluding hydrogens is 244 g/mol. The lowest BCUT2D eigenvalue weighted by molar-refractivity contribution is -0.137. The van der Waals surface area contributed by atoms with Crippen molar-refractivity contribution < 1.29 is 14.4 Å². The van der Waals surface area contributed by atoms with E-state index >= 15 is 0 Å². The van der Waals surface area contributed by atoms with E-state index in [0.29, 0.717) is 6.61 Å². The molecule has 2 N–H and O–H groups in total. The predicted molar refractivity (Wildman–Crippen MR) is 71.8 cm³/mol. The van der Waals surface area contributed by atoms with Crippen LogP contribution in [0.3, 0.4) is 0 Å². The van der Waals surface area contributed by atoms with Gasteiger partial charge in [0.25, 0.3) is 5.91 Å². The third-order valence-corrected chi connectivity index (χ3v) is 2.36. The van der Waals surface area contributed by atoms with Crippen LogP contribution in [0.5, 0.6) is 0 Å². The molecule has 0 heterocycles. The van der Waals surface area contributed by atoms with Gasteiger partial charge in [-0.1, -0.05) is 51.1 Å². The summed E-state index contributed by atoms with van der Waals surface area (Å²) in [7, 11) is 0. The quantitative estimate of drug-likeness (QED) is 0.790. The lowest BCUT2D eigenvalue weighted by Crippen LogP contribution is -2.41. The molecule has 1 aromatic rings. The fraction of sp³-hybridized carbons (Fsp3) is 0.429. The van der Waals surface area contributed by atoms with Crippen LogP contribution in [0.1, 0.15) is 26.3 Å². The molecule has 1 rings (SSSR count). The van der Waals surface area contributed by atoms with Gasteiger partial charge in [-0.2, -0.15) is 0 Å². The summed E-state index contributed by atoms with van der Waals surface area (Å²) in [6.07, 6.45) is 0. The van der Waals surface area contributed by atoms with Crippen LogP contribution in [0, 0.1) is 5.41 Å². The number of hydroxylamine groups is 1.